The van der Waals surface area contributed by atoms with Crippen LogP contribution in [0.2, 0.25) is 0 Å². The van der Waals surface area contributed by atoms with Crippen molar-refractivity contribution in [3.8, 4) is 0 Å². The molecule has 2 atom stereocenters. The van der Waals surface area contributed by atoms with Gasteiger partial charge in [0.05, 0.1) is 0 Å². The highest BCUT2D eigenvalue weighted by molar-refractivity contribution is 4.84. The fourth-order valence-electron chi connectivity index (χ4n) is 1.63. The van der Waals surface area contributed by atoms with Crippen LogP contribution < -0.4 is 0 Å². The Morgan fingerprint density at radius 3 is 2.44 bits per heavy atom. The number of rotatable bonds is 4. The second kappa shape index (κ2) is 3.24. The van der Waals surface area contributed by atoms with Gasteiger partial charge in [0, 0.05) is 0 Å². The smallest absolute Gasteiger partial charge is 0.0383 e. The molecule has 2 unspecified atom stereocenters. The Kier molecular flexibility index (Phi) is 2.56. The third-order valence-corrected chi connectivity index (χ3v) is 2.52. The topological polar surface area (TPSA) is 0 Å². The Bertz CT molecular complexity index is 76.1. The van der Waals surface area contributed by atoms with E-state index in [2.05, 4.69) is 13.8 Å². The Labute approximate surface area is 58.7 Å². The van der Waals surface area contributed by atoms with Gasteiger partial charge in [-0.15, -0.1) is 0 Å². The lowest BCUT2D eigenvalue weighted by Gasteiger charge is -1.93. The van der Waals surface area contributed by atoms with Gasteiger partial charge in [0.15, 0.2) is 0 Å². The van der Waals surface area contributed by atoms with Crippen LogP contribution in [0.3, 0.4) is 0 Å². The molecule has 0 nitrogen and oxygen atoms in total. The maximum Gasteiger partial charge on any atom is -0.0383 e. The van der Waals surface area contributed by atoms with Crippen LogP contribution in [-0.4, -0.2) is 0 Å². The van der Waals surface area contributed by atoms with Gasteiger partial charge in [0.25, 0.3) is 0 Å². The molecule has 1 aliphatic carbocycles. The summed E-state index contributed by atoms with van der Waals surface area (Å²) in [7, 11) is 0. The summed E-state index contributed by atoms with van der Waals surface area (Å²) in [5.74, 6) is 2.26. The highest BCUT2D eigenvalue weighted by Gasteiger charge is 2.33. The molecule has 1 aliphatic rings. The maximum absolute atomic E-state index is 2.32. The van der Waals surface area contributed by atoms with Crippen molar-refractivity contribution in [2.24, 2.45) is 11.8 Å². The van der Waals surface area contributed by atoms with Gasteiger partial charge in [-0.1, -0.05) is 39.5 Å². The van der Waals surface area contributed by atoms with Crippen molar-refractivity contribution < 1.29 is 0 Å². The molecule has 0 aromatic rings. The minimum atomic E-state index is 1.12. The van der Waals surface area contributed by atoms with Crippen molar-refractivity contribution in [1.82, 2.24) is 0 Å². The van der Waals surface area contributed by atoms with Crippen molar-refractivity contribution in [3.63, 3.8) is 0 Å². The van der Waals surface area contributed by atoms with E-state index in [1.54, 1.807) is 0 Å². The predicted octanol–water partition coefficient (Wildman–Crippen LogP) is 3.22. The van der Waals surface area contributed by atoms with Gasteiger partial charge in [0.2, 0.25) is 0 Å². The molecule has 0 aromatic carbocycles. The van der Waals surface area contributed by atoms with Gasteiger partial charge in [-0.3, -0.25) is 0 Å². The van der Waals surface area contributed by atoms with E-state index in [9.17, 15) is 0 Å². The van der Waals surface area contributed by atoms with Crippen molar-refractivity contribution in [3.05, 3.63) is 0 Å². The van der Waals surface area contributed by atoms with E-state index in [1.807, 2.05) is 0 Å². The van der Waals surface area contributed by atoms with Crippen molar-refractivity contribution >= 4 is 0 Å². The highest BCUT2D eigenvalue weighted by Crippen LogP contribution is 2.44. The Morgan fingerprint density at radius 1 is 1.22 bits per heavy atom. The molecule has 0 amide bonds. The molecule has 0 aromatic heterocycles. The Morgan fingerprint density at radius 2 is 2.00 bits per heavy atom. The monoisotopic (exact) mass is 126 g/mol. The summed E-state index contributed by atoms with van der Waals surface area (Å²) in [5.41, 5.74) is 0. The number of unbranched alkanes of at least 4 members (excludes halogenated alkanes) is 1. The van der Waals surface area contributed by atoms with Crippen LogP contribution in [0.15, 0.2) is 0 Å². The molecular weight excluding hydrogens is 108 g/mol. The van der Waals surface area contributed by atoms with Crippen LogP contribution in [0.1, 0.15) is 46.0 Å². The summed E-state index contributed by atoms with van der Waals surface area (Å²) in [6, 6.07) is 0. The quantitative estimate of drug-likeness (QED) is 0.542. The fraction of sp³-hybridized carbons (Fsp3) is 1.00. The maximum atomic E-state index is 2.32. The highest BCUT2D eigenvalue weighted by atomic mass is 14.4. The molecule has 0 heterocycles. The Balaban J connectivity index is 1.92. The van der Waals surface area contributed by atoms with Gasteiger partial charge in [-0.05, 0) is 18.3 Å². The summed E-state index contributed by atoms with van der Waals surface area (Å²) < 4.78 is 0. The van der Waals surface area contributed by atoms with Gasteiger partial charge in [-0.25, -0.2) is 0 Å². The lowest BCUT2D eigenvalue weighted by atomic mass is 10.1. The average molecular weight is 126 g/mol. The summed E-state index contributed by atoms with van der Waals surface area (Å²) >= 11 is 0. The van der Waals surface area contributed by atoms with Crippen molar-refractivity contribution in [2.75, 3.05) is 0 Å². The molecule has 0 saturated heterocycles. The second-order valence-corrected chi connectivity index (χ2v) is 3.31. The third-order valence-electron chi connectivity index (χ3n) is 2.52. The molecular formula is C9H18. The molecule has 0 bridgehead atoms. The molecule has 1 rings (SSSR count). The molecule has 1 fully saturated rings. The molecule has 54 valence electrons. The molecule has 0 N–H and O–H groups in total. The van der Waals surface area contributed by atoms with Gasteiger partial charge in [0.1, 0.15) is 0 Å². The minimum absolute atomic E-state index is 1.12. The normalized spacial score (nSPS) is 32.7. The first-order valence-electron chi connectivity index (χ1n) is 4.38. The zero-order valence-corrected chi connectivity index (χ0v) is 6.69. The lowest BCUT2D eigenvalue weighted by Crippen LogP contribution is -1.80. The van der Waals surface area contributed by atoms with Gasteiger partial charge in [-0.2, -0.15) is 0 Å². The predicted molar refractivity (Wildman–Crippen MR) is 41.4 cm³/mol. The summed E-state index contributed by atoms with van der Waals surface area (Å²) in [6.45, 7) is 4.60. The van der Waals surface area contributed by atoms with Crippen LogP contribution in [0.25, 0.3) is 0 Å². The van der Waals surface area contributed by atoms with Crippen LogP contribution in [0.4, 0.5) is 0 Å². The van der Waals surface area contributed by atoms with Crippen molar-refractivity contribution in [1.29, 1.82) is 0 Å². The van der Waals surface area contributed by atoms with Gasteiger partial charge >= 0.3 is 0 Å². The van der Waals surface area contributed by atoms with Crippen LogP contribution >= 0.6 is 0 Å². The number of hydrogen-bond donors (Lipinski definition) is 0. The largest absolute Gasteiger partial charge is 0.0654 e. The van der Waals surface area contributed by atoms with E-state index in [4.69, 9.17) is 0 Å². The van der Waals surface area contributed by atoms with E-state index in [-0.39, 0.29) is 0 Å². The number of hydrogen-bond acceptors (Lipinski definition) is 0. The summed E-state index contributed by atoms with van der Waals surface area (Å²) in [4.78, 5) is 0. The molecule has 0 heteroatoms. The minimum Gasteiger partial charge on any atom is -0.0654 e. The SMILES string of the molecule is CCCCC1CC1CC. The zero-order chi connectivity index (χ0) is 6.69. The third kappa shape index (κ3) is 2.00. The van der Waals surface area contributed by atoms with Crippen molar-refractivity contribution in [2.45, 2.75) is 46.0 Å². The van der Waals surface area contributed by atoms with E-state index in [0.717, 1.165) is 11.8 Å². The molecule has 1 saturated carbocycles. The standard InChI is InChI=1S/C9H18/c1-3-5-6-9-7-8(9)4-2/h8-9H,3-7H2,1-2H3. The van der Waals surface area contributed by atoms with E-state index in [1.165, 1.54) is 32.1 Å². The Hall–Kier alpha value is 0. The van der Waals surface area contributed by atoms with Crippen LogP contribution in [0.5, 0.6) is 0 Å². The zero-order valence-electron chi connectivity index (χ0n) is 6.69. The van der Waals surface area contributed by atoms with Crippen LogP contribution in [0, 0.1) is 11.8 Å². The first-order valence-corrected chi connectivity index (χ1v) is 4.38. The van der Waals surface area contributed by atoms with Gasteiger partial charge < -0.3 is 0 Å². The summed E-state index contributed by atoms with van der Waals surface area (Å²) in [6.07, 6.45) is 7.31. The first-order chi connectivity index (χ1) is 4.38. The molecule has 0 aliphatic heterocycles. The lowest BCUT2D eigenvalue weighted by molar-refractivity contribution is 0.594. The first kappa shape index (κ1) is 7.11. The fourth-order valence-corrected chi connectivity index (χ4v) is 1.63. The molecule has 9 heavy (non-hydrogen) atoms. The molecule has 0 spiro atoms. The summed E-state index contributed by atoms with van der Waals surface area (Å²) in [5, 5.41) is 0. The van der Waals surface area contributed by atoms with E-state index >= 15 is 0 Å². The van der Waals surface area contributed by atoms with Crippen LogP contribution in [-0.2, 0) is 0 Å². The second-order valence-electron chi connectivity index (χ2n) is 3.31. The average Bonchev–Trinajstić information content (AvgIpc) is 2.62. The van der Waals surface area contributed by atoms with E-state index < -0.39 is 0 Å². The van der Waals surface area contributed by atoms with E-state index in [0.29, 0.717) is 0 Å². The molecule has 0 radical (unpaired) electrons.